The molecule has 5 aromatic rings. The highest BCUT2D eigenvalue weighted by atomic mass is 16.1. The predicted octanol–water partition coefficient (Wildman–Crippen LogP) is 2.59. The fourth-order valence-corrected chi connectivity index (χ4v) is 5.06. The lowest BCUT2D eigenvalue weighted by molar-refractivity contribution is -0.579. The van der Waals surface area contributed by atoms with Gasteiger partial charge >= 0.3 is 0 Å². The largest absolute Gasteiger partial charge is 0.354 e. The summed E-state index contributed by atoms with van der Waals surface area (Å²) < 4.78 is 0. The number of hydrogen-bond acceptors (Lipinski definition) is 3. The molecule has 0 unspecified atom stereocenters. The molecule has 0 fully saturated rings. The molecule has 0 spiro atoms. The molecular formula is C31H31N6O+3. The van der Waals surface area contributed by atoms with Crippen LogP contribution in [-0.4, -0.2) is 22.4 Å². The molecule has 7 heteroatoms. The van der Waals surface area contributed by atoms with Gasteiger partial charge in [-0.25, -0.2) is 4.98 Å². The molecule has 0 saturated carbocycles. The number of nitrogens with two attached hydrogens (primary N) is 1. The maximum absolute atomic E-state index is 13.0. The molecule has 7 N–H and O–H groups in total. The molecule has 2 aromatic carbocycles. The number of aryl methyl sites for hydroxylation is 1. The van der Waals surface area contributed by atoms with E-state index in [1.165, 1.54) is 11.1 Å². The highest BCUT2D eigenvalue weighted by molar-refractivity contribution is 5.93. The second kappa shape index (κ2) is 10.5. The average Bonchev–Trinajstić information content (AvgIpc) is 2.99. The van der Waals surface area contributed by atoms with Crippen LogP contribution in [0.4, 0.5) is 5.82 Å². The van der Waals surface area contributed by atoms with Crippen molar-refractivity contribution < 1.29 is 20.8 Å². The van der Waals surface area contributed by atoms with Crippen molar-refractivity contribution in [2.75, 3.05) is 6.54 Å². The van der Waals surface area contributed by atoms with Crippen molar-refractivity contribution in [2.24, 2.45) is 0 Å². The van der Waals surface area contributed by atoms with Crippen LogP contribution < -0.4 is 21.4 Å². The number of amides is 1. The Morgan fingerprint density at radius 3 is 2.66 bits per heavy atom. The maximum Gasteiger partial charge on any atom is 0.270 e. The molecule has 0 saturated heterocycles. The Hall–Kier alpha value is -4.46. The molecule has 1 aliphatic heterocycles. The summed E-state index contributed by atoms with van der Waals surface area (Å²) in [7, 11) is 0. The summed E-state index contributed by atoms with van der Waals surface area (Å²) in [5.41, 5.74) is 12.9. The number of pyridine rings is 3. The van der Waals surface area contributed by atoms with Gasteiger partial charge in [-0.2, -0.15) is 4.98 Å². The SMILES string of the molecule is [NH3+]Cc1ccc(-c2[nH+]c3ccnc(CNC(=O)c4ccc5c(n4)[NH2+]CCC5)c3cc2-c2ccccc2)cc1. The number of nitrogens with zero attached hydrogens (tertiary/aromatic N) is 2. The fraction of sp³-hybridized carbons (Fsp3) is 0.161. The van der Waals surface area contributed by atoms with Crippen molar-refractivity contribution in [3.63, 3.8) is 0 Å². The van der Waals surface area contributed by atoms with Crippen LogP contribution in [0.25, 0.3) is 33.3 Å². The van der Waals surface area contributed by atoms with E-state index in [4.69, 9.17) is 0 Å². The van der Waals surface area contributed by atoms with Gasteiger partial charge in [0.1, 0.15) is 5.69 Å². The second-order valence-corrected chi connectivity index (χ2v) is 9.61. The molecule has 1 amide bonds. The lowest BCUT2D eigenvalue weighted by atomic mass is 9.96. The minimum absolute atomic E-state index is 0.194. The van der Waals surface area contributed by atoms with Crippen LogP contribution in [0.15, 0.2) is 85.1 Å². The molecule has 7 nitrogen and oxygen atoms in total. The van der Waals surface area contributed by atoms with Gasteiger partial charge < -0.3 is 11.1 Å². The monoisotopic (exact) mass is 503 g/mol. The minimum Gasteiger partial charge on any atom is -0.354 e. The molecule has 3 aromatic heterocycles. The topological polar surface area (TPSA) is 113 Å². The molecule has 0 bridgehead atoms. The van der Waals surface area contributed by atoms with Gasteiger partial charge in [-0.15, -0.1) is 0 Å². The van der Waals surface area contributed by atoms with E-state index >= 15 is 0 Å². The fourth-order valence-electron chi connectivity index (χ4n) is 5.06. The molecule has 188 valence electrons. The third-order valence-electron chi connectivity index (χ3n) is 7.16. The van der Waals surface area contributed by atoms with Gasteiger partial charge in [-0.3, -0.25) is 15.1 Å². The maximum atomic E-state index is 13.0. The first kappa shape index (κ1) is 23.9. The first-order valence-electron chi connectivity index (χ1n) is 13.1. The third kappa shape index (κ3) is 4.77. The van der Waals surface area contributed by atoms with Crippen LogP contribution in [0.2, 0.25) is 0 Å². The lowest BCUT2D eigenvalue weighted by Gasteiger charge is -2.13. The number of carbonyl (C=O) groups is 1. The zero-order chi connectivity index (χ0) is 25.9. The summed E-state index contributed by atoms with van der Waals surface area (Å²) in [4.78, 5) is 25.9. The van der Waals surface area contributed by atoms with Crippen LogP contribution in [0, 0.1) is 0 Å². The number of quaternary nitrogens is 2. The summed E-state index contributed by atoms with van der Waals surface area (Å²) in [6.07, 6.45) is 3.94. The zero-order valence-electron chi connectivity index (χ0n) is 21.2. The highest BCUT2D eigenvalue weighted by Crippen LogP contribution is 2.32. The summed E-state index contributed by atoms with van der Waals surface area (Å²) in [6, 6.07) is 26.8. The molecule has 38 heavy (non-hydrogen) atoms. The number of H-pyrrole nitrogens is 1. The lowest BCUT2D eigenvalue weighted by Crippen LogP contribution is -2.80. The Labute approximate surface area is 221 Å². The summed E-state index contributed by atoms with van der Waals surface area (Å²) >= 11 is 0. The van der Waals surface area contributed by atoms with Crippen molar-refractivity contribution in [3.8, 4) is 22.4 Å². The number of fused-ring (bicyclic) bond motifs is 2. The van der Waals surface area contributed by atoms with Gasteiger partial charge in [0.2, 0.25) is 17.0 Å². The minimum atomic E-state index is -0.194. The Morgan fingerprint density at radius 1 is 1.00 bits per heavy atom. The molecule has 0 aliphatic carbocycles. The van der Waals surface area contributed by atoms with Crippen LogP contribution in [0.1, 0.15) is 33.7 Å². The van der Waals surface area contributed by atoms with Crippen LogP contribution in [0.3, 0.4) is 0 Å². The quantitative estimate of drug-likeness (QED) is 0.331. The number of hydrogen-bond donors (Lipinski definition) is 3. The van der Waals surface area contributed by atoms with Gasteiger partial charge in [0.25, 0.3) is 5.91 Å². The van der Waals surface area contributed by atoms with E-state index in [2.05, 4.69) is 73.8 Å². The molecule has 1 aliphatic rings. The van der Waals surface area contributed by atoms with Gasteiger partial charge in [-0.05, 0) is 42.3 Å². The number of benzene rings is 2. The van der Waals surface area contributed by atoms with Gasteiger partial charge in [-0.1, -0.05) is 42.5 Å². The van der Waals surface area contributed by atoms with Crippen molar-refractivity contribution in [1.82, 2.24) is 15.3 Å². The van der Waals surface area contributed by atoms with E-state index in [1.807, 2.05) is 36.4 Å². The summed E-state index contributed by atoms with van der Waals surface area (Å²) in [6.45, 7) is 2.07. The van der Waals surface area contributed by atoms with E-state index in [-0.39, 0.29) is 5.91 Å². The zero-order valence-corrected chi connectivity index (χ0v) is 21.2. The summed E-state index contributed by atoms with van der Waals surface area (Å²) in [5, 5.41) is 6.12. The van der Waals surface area contributed by atoms with Crippen molar-refractivity contribution in [3.05, 3.63) is 108 Å². The van der Waals surface area contributed by atoms with Crippen molar-refractivity contribution in [2.45, 2.75) is 25.9 Å². The molecule has 0 radical (unpaired) electrons. The molecule has 6 rings (SSSR count). The van der Waals surface area contributed by atoms with Gasteiger partial charge in [0.05, 0.1) is 36.3 Å². The first-order valence-corrected chi connectivity index (χ1v) is 13.1. The summed E-state index contributed by atoms with van der Waals surface area (Å²) in [5.74, 6) is 0.741. The smallest absolute Gasteiger partial charge is 0.270 e. The second-order valence-electron chi connectivity index (χ2n) is 9.61. The van der Waals surface area contributed by atoms with Gasteiger partial charge in [0.15, 0.2) is 0 Å². The normalized spacial score (nSPS) is 12.8. The predicted molar refractivity (Wildman–Crippen MR) is 146 cm³/mol. The first-order chi connectivity index (χ1) is 18.7. The molecular weight excluding hydrogens is 472 g/mol. The Morgan fingerprint density at radius 2 is 1.84 bits per heavy atom. The van der Waals surface area contributed by atoms with Gasteiger partial charge in [0, 0.05) is 35.4 Å². The highest BCUT2D eigenvalue weighted by Gasteiger charge is 2.21. The standard InChI is InChI=1S/C31H28N6O/c32-18-20-8-10-22(11-9-20)29-24(21-5-2-1-3-6-21)17-25-26(36-29)14-16-33-28(25)19-35-31(38)27-13-12-23-7-4-15-34-30(23)37-27/h1-3,5-6,8-14,16-17H,4,7,15,18-19,32H2,(H,34,37)(H,35,38)/p+3. The number of aromatic nitrogens is 3. The Balaban J connectivity index is 1.35. The Kier molecular flexibility index (Phi) is 6.60. The number of rotatable bonds is 6. The van der Waals surface area contributed by atoms with Crippen LogP contribution >= 0.6 is 0 Å². The van der Waals surface area contributed by atoms with Crippen molar-refractivity contribution in [1.29, 1.82) is 0 Å². The van der Waals surface area contributed by atoms with Crippen LogP contribution in [-0.2, 0) is 19.5 Å². The average molecular weight is 504 g/mol. The molecule has 4 heterocycles. The number of carbonyl (C=O) groups excluding carboxylic acids is 1. The molecule has 0 atom stereocenters. The van der Waals surface area contributed by atoms with E-state index < -0.39 is 0 Å². The van der Waals surface area contributed by atoms with Crippen molar-refractivity contribution >= 4 is 22.6 Å². The van der Waals surface area contributed by atoms with E-state index in [0.29, 0.717) is 12.2 Å². The number of aromatic amines is 1. The van der Waals surface area contributed by atoms with E-state index in [0.717, 1.165) is 70.7 Å². The number of nitrogens with one attached hydrogen (secondary N) is 2. The third-order valence-corrected chi connectivity index (χ3v) is 7.16. The van der Waals surface area contributed by atoms with E-state index in [1.54, 1.807) is 6.20 Å². The van der Waals surface area contributed by atoms with E-state index in [9.17, 15) is 4.79 Å². The Bertz CT molecular complexity index is 1620. The van der Waals surface area contributed by atoms with Crippen LogP contribution in [0.5, 0.6) is 0 Å².